The van der Waals surface area contributed by atoms with Gasteiger partial charge in [-0.25, -0.2) is 4.79 Å². The van der Waals surface area contributed by atoms with Crippen molar-refractivity contribution >= 4 is 23.3 Å². The zero-order valence-corrected chi connectivity index (χ0v) is 9.62. The molecule has 0 atom stereocenters. The van der Waals surface area contributed by atoms with Gasteiger partial charge in [-0.1, -0.05) is 11.6 Å². The SMILES string of the molecule is CCN1CCOc2c(C(=O)O)cc(Cl)cc21. The zero-order valence-electron chi connectivity index (χ0n) is 8.86. The van der Waals surface area contributed by atoms with Crippen LogP contribution in [0.15, 0.2) is 12.1 Å². The molecule has 86 valence electrons. The van der Waals surface area contributed by atoms with Crippen molar-refractivity contribution in [1.29, 1.82) is 0 Å². The topological polar surface area (TPSA) is 49.8 Å². The molecule has 0 saturated carbocycles. The number of carboxylic acid groups (broad SMARTS) is 1. The highest BCUT2D eigenvalue weighted by molar-refractivity contribution is 6.31. The molecule has 1 aromatic rings. The van der Waals surface area contributed by atoms with Gasteiger partial charge in [0.2, 0.25) is 0 Å². The number of hydrogen-bond donors (Lipinski definition) is 1. The normalized spacial score (nSPS) is 14.2. The Labute approximate surface area is 98.4 Å². The van der Waals surface area contributed by atoms with E-state index in [4.69, 9.17) is 21.4 Å². The first kappa shape index (κ1) is 11.1. The molecule has 0 amide bonds. The Balaban J connectivity index is 2.58. The fourth-order valence-electron chi connectivity index (χ4n) is 1.83. The maximum Gasteiger partial charge on any atom is 0.339 e. The number of anilines is 1. The molecule has 0 fully saturated rings. The van der Waals surface area contributed by atoms with Crippen molar-refractivity contribution in [2.24, 2.45) is 0 Å². The highest BCUT2D eigenvalue weighted by Crippen LogP contribution is 2.37. The first-order chi connectivity index (χ1) is 7.63. The number of rotatable bonds is 2. The van der Waals surface area contributed by atoms with Crippen LogP contribution in [-0.4, -0.2) is 30.8 Å². The Morgan fingerprint density at radius 2 is 2.38 bits per heavy atom. The van der Waals surface area contributed by atoms with Crippen LogP contribution in [0, 0.1) is 0 Å². The monoisotopic (exact) mass is 241 g/mol. The van der Waals surface area contributed by atoms with Crippen LogP contribution in [0.4, 0.5) is 5.69 Å². The number of nitrogens with zero attached hydrogens (tertiary/aromatic N) is 1. The minimum absolute atomic E-state index is 0.126. The maximum absolute atomic E-state index is 11.1. The number of carboxylic acids is 1. The van der Waals surface area contributed by atoms with Crippen LogP contribution < -0.4 is 9.64 Å². The molecule has 0 aliphatic carbocycles. The fraction of sp³-hybridized carbons (Fsp3) is 0.364. The molecule has 1 aromatic carbocycles. The van der Waals surface area contributed by atoms with E-state index in [2.05, 4.69) is 4.90 Å². The van der Waals surface area contributed by atoms with E-state index in [1.807, 2.05) is 6.92 Å². The highest BCUT2D eigenvalue weighted by Gasteiger charge is 2.23. The van der Waals surface area contributed by atoms with Gasteiger partial charge in [0, 0.05) is 11.6 Å². The molecule has 1 aliphatic rings. The molecule has 0 spiro atoms. The van der Waals surface area contributed by atoms with E-state index in [9.17, 15) is 4.79 Å². The third-order valence-electron chi connectivity index (χ3n) is 2.59. The first-order valence-electron chi connectivity index (χ1n) is 5.08. The molecule has 0 bridgehead atoms. The van der Waals surface area contributed by atoms with Crippen LogP contribution in [-0.2, 0) is 0 Å². The number of carbonyl (C=O) groups is 1. The lowest BCUT2D eigenvalue weighted by Gasteiger charge is -2.31. The standard InChI is InChI=1S/C11H12ClNO3/c1-2-13-3-4-16-10-8(11(14)15)5-7(12)6-9(10)13/h5-6H,2-4H2,1H3,(H,14,15). The summed E-state index contributed by atoms with van der Waals surface area (Å²) in [5.74, 6) is -0.596. The molecule has 0 saturated heterocycles. The number of ether oxygens (including phenoxy) is 1. The molecule has 5 heteroatoms. The van der Waals surface area contributed by atoms with Crippen molar-refractivity contribution in [3.05, 3.63) is 22.7 Å². The summed E-state index contributed by atoms with van der Waals surface area (Å²) < 4.78 is 5.42. The Kier molecular flexibility index (Phi) is 2.92. The second kappa shape index (κ2) is 4.22. The Morgan fingerprint density at radius 3 is 3.00 bits per heavy atom. The van der Waals surface area contributed by atoms with E-state index in [1.165, 1.54) is 6.07 Å². The molecule has 1 heterocycles. The Hall–Kier alpha value is -1.42. The average molecular weight is 242 g/mol. The van der Waals surface area contributed by atoms with Crippen molar-refractivity contribution in [2.45, 2.75) is 6.92 Å². The fourth-order valence-corrected chi connectivity index (χ4v) is 2.04. The summed E-state index contributed by atoms with van der Waals surface area (Å²) in [6, 6.07) is 3.16. The van der Waals surface area contributed by atoms with Gasteiger partial charge in [-0.15, -0.1) is 0 Å². The van der Waals surface area contributed by atoms with Crippen LogP contribution >= 0.6 is 11.6 Å². The summed E-state index contributed by atoms with van der Waals surface area (Å²) in [5.41, 5.74) is 0.888. The summed E-state index contributed by atoms with van der Waals surface area (Å²) in [6.07, 6.45) is 0. The van der Waals surface area contributed by atoms with Gasteiger partial charge in [-0.05, 0) is 19.1 Å². The minimum atomic E-state index is -1.02. The molecule has 0 aromatic heterocycles. The number of fused-ring (bicyclic) bond motifs is 1. The predicted molar refractivity (Wildman–Crippen MR) is 61.8 cm³/mol. The van der Waals surface area contributed by atoms with Gasteiger partial charge in [-0.3, -0.25) is 0 Å². The van der Waals surface area contributed by atoms with Gasteiger partial charge in [0.05, 0.1) is 12.2 Å². The van der Waals surface area contributed by atoms with Crippen molar-refractivity contribution in [2.75, 3.05) is 24.6 Å². The molecule has 2 rings (SSSR count). The maximum atomic E-state index is 11.1. The number of likely N-dealkylation sites (N-methyl/N-ethyl adjacent to an activating group) is 1. The van der Waals surface area contributed by atoms with Gasteiger partial charge >= 0.3 is 5.97 Å². The lowest BCUT2D eigenvalue weighted by molar-refractivity contribution is 0.0692. The van der Waals surface area contributed by atoms with Crippen LogP contribution in [0.25, 0.3) is 0 Å². The number of benzene rings is 1. The van der Waals surface area contributed by atoms with Gasteiger partial charge < -0.3 is 14.7 Å². The molecule has 16 heavy (non-hydrogen) atoms. The second-order valence-corrected chi connectivity index (χ2v) is 3.97. The van der Waals surface area contributed by atoms with Crippen molar-refractivity contribution < 1.29 is 14.6 Å². The van der Waals surface area contributed by atoms with Crippen molar-refractivity contribution in [3.63, 3.8) is 0 Å². The van der Waals surface area contributed by atoms with E-state index >= 15 is 0 Å². The summed E-state index contributed by atoms with van der Waals surface area (Å²) in [7, 11) is 0. The number of aromatic carboxylic acids is 1. The lowest BCUT2D eigenvalue weighted by Crippen LogP contribution is -2.33. The summed E-state index contributed by atoms with van der Waals surface area (Å²) >= 11 is 5.90. The smallest absolute Gasteiger partial charge is 0.339 e. The van der Waals surface area contributed by atoms with Gasteiger partial charge in [0.1, 0.15) is 12.2 Å². The molecular weight excluding hydrogens is 230 g/mol. The van der Waals surface area contributed by atoms with Gasteiger partial charge in [-0.2, -0.15) is 0 Å². The quantitative estimate of drug-likeness (QED) is 0.863. The largest absolute Gasteiger partial charge is 0.489 e. The van der Waals surface area contributed by atoms with Gasteiger partial charge in [0.25, 0.3) is 0 Å². The third-order valence-corrected chi connectivity index (χ3v) is 2.81. The predicted octanol–water partition coefficient (Wildman–Crippen LogP) is 2.26. The Morgan fingerprint density at radius 1 is 1.62 bits per heavy atom. The van der Waals surface area contributed by atoms with Gasteiger partial charge in [0.15, 0.2) is 5.75 Å². The summed E-state index contributed by atoms with van der Waals surface area (Å²) in [6.45, 7) is 4.07. The minimum Gasteiger partial charge on any atom is -0.489 e. The van der Waals surface area contributed by atoms with Crippen molar-refractivity contribution in [1.82, 2.24) is 0 Å². The third kappa shape index (κ3) is 1.80. The zero-order chi connectivity index (χ0) is 11.7. The van der Waals surface area contributed by atoms with E-state index in [0.717, 1.165) is 18.8 Å². The molecule has 4 nitrogen and oxygen atoms in total. The molecule has 1 aliphatic heterocycles. The van der Waals surface area contributed by atoms with Crippen LogP contribution in [0.3, 0.4) is 0 Å². The van der Waals surface area contributed by atoms with Crippen LogP contribution in [0.5, 0.6) is 5.75 Å². The van der Waals surface area contributed by atoms with E-state index in [1.54, 1.807) is 6.07 Å². The molecule has 1 N–H and O–H groups in total. The second-order valence-electron chi connectivity index (χ2n) is 3.53. The summed E-state index contributed by atoms with van der Waals surface area (Å²) in [4.78, 5) is 13.1. The average Bonchev–Trinajstić information content (AvgIpc) is 2.27. The lowest BCUT2D eigenvalue weighted by atomic mass is 10.1. The molecule has 0 radical (unpaired) electrons. The summed E-state index contributed by atoms with van der Waals surface area (Å²) in [5, 5.41) is 9.48. The molecular formula is C11H12ClNO3. The van der Waals surface area contributed by atoms with Crippen LogP contribution in [0.2, 0.25) is 5.02 Å². The first-order valence-corrected chi connectivity index (χ1v) is 5.46. The van der Waals surface area contributed by atoms with E-state index in [-0.39, 0.29) is 5.56 Å². The van der Waals surface area contributed by atoms with Crippen molar-refractivity contribution in [3.8, 4) is 5.75 Å². The number of halogens is 1. The Bertz CT molecular complexity index is 433. The highest BCUT2D eigenvalue weighted by atomic mass is 35.5. The van der Waals surface area contributed by atoms with E-state index < -0.39 is 5.97 Å². The van der Waals surface area contributed by atoms with E-state index in [0.29, 0.717) is 17.4 Å². The molecule has 0 unspecified atom stereocenters. The number of hydrogen-bond acceptors (Lipinski definition) is 3. The van der Waals surface area contributed by atoms with Crippen LogP contribution in [0.1, 0.15) is 17.3 Å².